The van der Waals surface area contributed by atoms with Crippen molar-refractivity contribution in [2.45, 2.75) is 25.3 Å². The van der Waals surface area contributed by atoms with Crippen molar-refractivity contribution in [3.8, 4) is 10.7 Å². The van der Waals surface area contributed by atoms with E-state index in [4.69, 9.17) is 4.52 Å². The number of hydrogen-bond donors (Lipinski definition) is 0. The van der Waals surface area contributed by atoms with Crippen LogP contribution in [0.5, 0.6) is 0 Å². The van der Waals surface area contributed by atoms with Crippen molar-refractivity contribution >= 4 is 11.3 Å². The molecule has 0 radical (unpaired) electrons. The van der Waals surface area contributed by atoms with Crippen LogP contribution in [0.3, 0.4) is 0 Å². The molecule has 6 heteroatoms. The van der Waals surface area contributed by atoms with Gasteiger partial charge in [-0.3, -0.25) is 0 Å². The maximum absolute atomic E-state index is 5.28. The molecule has 1 saturated carbocycles. The summed E-state index contributed by atoms with van der Waals surface area (Å²) >= 11 is 1.68. The van der Waals surface area contributed by atoms with Gasteiger partial charge in [-0.15, -0.1) is 11.3 Å². The van der Waals surface area contributed by atoms with E-state index in [2.05, 4.69) is 21.2 Å². The van der Waals surface area contributed by atoms with Crippen LogP contribution in [0.1, 0.15) is 30.5 Å². The van der Waals surface area contributed by atoms with Gasteiger partial charge in [-0.25, -0.2) is 4.98 Å². The zero-order valence-corrected chi connectivity index (χ0v) is 11.0. The van der Waals surface area contributed by atoms with Gasteiger partial charge in [0.25, 0.3) is 0 Å². The Balaban J connectivity index is 1.60. The molecule has 19 heavy (non-hydrogen) atoms. The molecule has 1 fully saturated rings. The van der Waals surface area contributed by atoms with Crippen molar-refractivity contribution in [2.75, 3.05) is 0 Å². The average molecular weight is 272 g/mol. The molecule has 1 aliphatic rings. The molecule has 0 N–H and O–H groups in total. The molecule has 3 heterocycles. The van der Waals surface area contributed by atoms with Crippen molar-refractivity contribution in [1.82, 2.24) is 19.7 Å². The molecule has 5 nitrogen and oxygen atoms in total. The van der Waals surface area contributed by atoms with E-state index in [0.717, 1.165) is 22.4 Å². The van der Waals surface area contributed by atoms with Gasteiger partial charge in [-0.05, 0) is 24.3 Å². The highest BCUT2D eigenvalue weighted by atomic mass is 32.1. The van der Waals surface area contributed by atoms with E-state index < -0.39 is 0 Å². The summed E-state index contributed by atoms with van der Waals surface area (Å²) in [4.78, 5) is 9.99. The Bertz CT molecular complexity index is 681. The lowest BCUT2D eigenvalue weighted by Crippen LogP contribution is -2.02. The maximum atomic E-state index is 5.28. The monoisotopic (exact) mass is 272 g/mol. The first-order valence-corrected chi connectivity index (χ1v) is 7.15. The molecule has 4 rings (SSSR count). The van der Waals surface area contributed by atoms with Gasteiger partial charge in [0.05, 0.1) is 11.4 Å². The summed E-state index contributed by atoms with van der Waals surface area (Å²) in [6.07, 6.45) is 6.10. The summed E-state index contributed by atoms with van der Waals surface area (Å²) in [6, 6.07) is 4.09. The molecule has 0 amide bonds. The largest absolute Gasteiger partial charge is 0.339 e. The quantitative estimate of drug-likeness (QED) is 0.732. The minimum atomic E-state index is 0.501. The van der Waals surface area contributed by atoms with E-state index >= 15 is 0 Å². The van der Waals surface area contributed by atoms with Gasteiger partial charge in [0.2, 0.25) is 5.89 Å². The highest BCUT2D eigenvalue weighted by Gasteiger charge is 2.29. The Morgan fingerprint density at radius 1 is 1.42 bits per heavy atom. The van der Waals surface area contributed by atoms with Gasteiger partial charge in [0, 0.05) is 18.3 Å². The molecule has 0 aromatic carbocycles. The number of hydrogen-bond acceptors (Lipinski definition) is 5. The van der Waals surface area contributed by atoms with Crippen LogP contribution in [0.4, 0.5) is 0 Å². The van der Waals surface area contributed by atoms with Gasteiger partial charge in [-0.2, -0.15) is 4.98 Å². The number of rotatable bonds is 4. The summed E-state index contributed by atoms with van der Waals surface area (Å²) in [5, 5.41) is 6.09. The van der Waals surface area contributed by atoms with E-state index in [0.29, 0.717) is 12.5 Å². The fourth-order valence-electron chi connectivity index (χ4n) is 2.05. The number of imidazole rings is 1. The molecular formula is C13H12N4OS. The van der Waals surface area contributed by atoms with Gasteiger partial charge >= 0.3 is 0 Å². The highest BCUT2D eigenvalue weighted by molar-refractivity contribution is 7.13. The molecule has 3 aromatic rings. The molecular weight excluding hydrogens is 260 g/mol. The van der Waals surface area contributed by atoms with Gasteiger partial charge < -0.3 is 9.09 Å². The van der Waals surface area contributed by atoms with Crippen LogP contribution < -0.4 is 0 Å². The second-order valence-corrected chi connectivity index (χ2v) is 5.63. The second-order valence-electron chi connectivity index (χ2n) is 4.68. The second kappa shape index (κ2) is 4.31. The van der Waals surface area contributed by atoms with Crippen molar-refractivity contribution in [1.29, 1.82) is 0 Å². The number of aromatic nitrogens is 4. The Morgan fingerprint density at radius 2 is 2.37 bits per heavy atom. The van der Waals surface area contributed by atoms with Crippen LogP contribution in [0.2, 0.25) is 0 Å². The molecule has 3 aromatic heterocycles. The summed E-state index contributed by atoms with van der Waals surface area (Å²) in [5.41, 5.74) is 0. The molecule has 1 aliphatic carbocycles. The van der Waals surface area contributed by atoms with E-state index in [9.17, 15) is 0 Å². The van der Waals surface area contributed by atoms with Crippen molar-refractivity contribution in [3.63, 3.8) is 0 Å². The Hall–Kier alpha value is -1.95. The van der Waals surface area contributed by atoms with E-state index in [1.807, 2.05) is 22.2 Å². The smallest absolute Gasteiger partial charge is 0.229 e. The molecule has 96 valence electrons. The molecule has 0 bridgehead atoms. The lowest BCUT2D eigenvalue weighted by Gasteiger charge is -2.02. The first-order chi connectivity index (χ1) is 9.40. The van der Waals surface area contributed by atoms with E-state index in [1.54, 1.807) is 17.5 Å². The molecule has 0 aliphatic heterocycles. The number of thiophene rings is 1. The highest BCUT2D eigenvalue weighted by Crippen LogP contribution is 2.38. The predicted molar refractivity (Wildman–Crippen MR) is 70.9 cm³/mol. The van der Waals surface area contributed by atoms with Crippen LogP contribution in [0.25, 0.3) is 10.7 Å². The molecule has 0 unspecified atom stereocenters. The Kier molecular flexibility index (Phi) is 2.48. The zero-order chi connectivity index (χ0) is 12.7. The van der Waals surface area contributed by atoms with Crippen molar-refractivity contribution in [3.05, 3.63) is 41.6 Å². The van der Waals surface area contributed by atoms with Crippen molar-refractivity contribution < 1.29 is 4.52 Å². The molecule has 0 spiro atoms. The summed E-state index contributed by atoms with van der Waals surface area (Å²) in [7, 11) is 0. The third kappa shape index (κ3) is 2.08. The third-order valence-electron chi connectivity index (χ3n) is 3.18. The van der Waals surface area contributed by atoms with Crippen LogP contribution in [-0.4, -0.2) is 19.7 Å². The molecule has 0 atom stereocenters. The average Bonchev–Trinajstić information content (AvgIpc) is 2.89. The summed E-state index contributed by atoms with van der Waals surface area (Å²) < 4.78 is 7.32. The standard InChI is InChI=1S/C13H12N4OS/c1-2-10(19-7-1)12-14-5-6-17(12)8-11-15-13(18-16-11)9-3-4-9/h1-2,5-7,9H,3-4,8H2. The maximum Gasteiger partial charge on any atom is 0.229 e. The number of nitrogens with zero attached hydrogens (tertiary/aromatic N) is 4. The summed E-state index contributed by atoms with van der Waals surface area (Å²) in [5.74, 6) is 2.96. The summed E-state index contributed by atoms with van der Waals surface area (Å²) in [6.45, 7) is 0.601. The minimum Gasteiger partial charge on any atom is -0.339 e. The van der Waals surface area contributed by atoms with E-state index in [-0.39, 0.29) is 0 Å². The SMILES string of the molecule is c1csc(-c2nccn2Cc2noc(C3CC3)n2)c1. The lowest BCUT2D eigenvalue weighted by molar-refractivity contribution is 0.373. The van der Waals surface area contributed by atoms with Crippen LogP contribution in [0.15, 0.2) is 34.4 Å². The first kappa shape index (κ1) is 10.9. The third-order valence-corrected chi connectivity index (χ3v) is 4.05. The fourth-order valence-corrected chi connectivity index (χ4v) is 2.78. The zero-order valence-electron chi connectivity index (χ0n) is 10.2. The fraction of sp³-hybridized carbons (Fsp3) is 0.308. The normalized spacial score (nSPS) is 14.9. The predicted octanol–water partition coefficient (Wildman–Crippen LogP) is 2.92. The van der Waals surface area contributed by atoms with Crippen molar-refractivity contribution in [2.24, 2.45) is 0 Å². The van der Waals surface area contributed by atoms with Gasteiger partial charge in [-0.1, -0.05) is 11.2 Å². The Labute approximate surface area is 113 Å². The topological polar surface area (TPSA) is 56.7 Å². The lowest BCUT2D eigenvalue weighted by atomic mass is 10.4. The van der Waals surface area contributed by atoms with Crippen LogP contribution >= 0.6 is 11.3 Å². The van der Waals surface area contributed by atoms with Gasteiger partial charge in [0.15, 0.2) is 5.82 Å². The van der Waals surface area contributed by atoms with Crippen LogP contribution in [0, 0.1) is 0 Å². The van der Waals surface area contributed by atoms with Crippen LogP contribution in [-0.2, 0) is 6.54 Å². The first-order valence-electron chi connectivity index (χ1n) is 6.27. The Morgan fingerprint density at radius 3 is 3.16 bits per heavy atom. The van der Waals surface area contributed by atoms with Gasteiger partial charge in [0.1, 0.15) is 5.82 Å². The minimum absolute atomic E-state index is 0.501. The van der Waals surface area contributed by atoms with E-state index in [1.165, 1.54) is 12.8 Å². The molecule has 0 saturated heterocycles.